The molecule has 0 bridgehead atoms. The minimum absolute atomic E-state index is 0.0890. The first-order chi connectivity index (χ1) is 10.7. The Balaban J connectivity index is 1.50. The van der Waals surface area contributed by atoms with Gasteiger partial charge >= 0.3 is 0 Å². The second-order valence-corrected chi connectivity index (χ2v) is 6.13. The van der Waals surface area contributed by atoms with Crippen LogP contribution < -0.4 is 10.1 Å². The number of ether oxygens (including phenoxy) is 2. The summed E-state index contributed by atoms with van der Waals surface area (Å²) in [5, 5.41) is 2.95. The Morgan fingerprint density at radius 1 is 1.36 bits per heavy atom. The van der Waals surface area contributed by atoms with Crippen LogP contribution in [0, 0.1) is 0 Å². The minimum atomic E-state index is 0.0890. The van der Waals surface area contributed by atoms with Crippen molar-refractivity contribution in [2.45, 2.75) is 12.8 Å². The summed E-state index contributed by atoms with van der Waals surface area (Å²) in [5.41, 5.74) is 0. The lowest BCUT2D eigenvalue weighted by molar-refractivity contribution is -0.121. The molecule has 0 atom stereocenters. The summed E-state index contributed by atoms with van der Waals surface area (Å²) >= 11 is 3.40. The first-order valence-corrected chi connectivity index (χ1v) is 8.48. The van der Waals surface area contributed by atoms with Crippen LogP contribution in [0.5, 0.6) is 5.75 Å². The van der Waals surface area contributed by atoms with Crippen LogP contribution in [0.1, 0.15) is 12.8 Å². The van der Waals surface area contributed by atoms with Crippen molar-refractivity contribution < 1.29 is 14.3 Å². The molecule has 1 saturated heterocycles. The molecule has 122 valence electrons. The maximum atomic E-state index is 11.7. The number of carbonyl (C=O) groups is 1. The third-order valence-electron chi connectivity index (χ3n) is 3.47. The Kier molecular flexibility index (Phi) is 7.70. The summed E-state index contributed by atoms with van der Waals surface area (Å²) in [7, 11) is 0. The number of halogens is 1. The molecule has 0 saturated carbocycles. The Morgan fingerprint density at radius 2 is 2.18 bits per heavy atom. The summed E-state index contributed by atoms with van der Waals surface area (Å²) in [4.78, 5) is 14.0. The van der Waals surface area contributed by atoms with Crippen molar-refractivity contribution in [3.8, 4) is 5.75 Å². The van der Waals surface area contributed by atoms with Crippen LogP contribution in [0.15, 0.2) is 28.7 Å². The highest BCUT2D eigenvalue weighted by atomic mass is 79.9. The number of morpholine rings is 1. The van der Waals surface area contributed by atoms with Gasteiger partial charge in [0.15, 0.2) is 0 Å². The zero-order chi connectivity index (χ0) is 15.6. The number of amides is 1. The molecular weight excluding hydrogens is 348 g/mol. The molecule has 1 aliphatic heterocycles. The van der Waals surface area contributed by atoms with E-state index in [9.17, 15) is 4.79 Å². The quantitative estimate of drug-likeness (QED) is 0.711. The van der Waals surface area contributed by atoms with Gasteiger partial charge in [0, 0.05) is 37.1 Å². The number of benzene rings is 1. The van der Waals surface area contributed by atoms with Gasteiger partial charge in [0.25, 0.3) is 0 Å². The molecule has 0 spiro atoms. The van der Waals surface area contributed by atoms with Crippen LogP contribution in [-0.2, 0) is 9.53 Å². The highest BCUT2D eigenvalue weighted by Crippen LogP contribution is 2.17. The molecule has 22 heavy (non-hydrogen) atoms. The predicted octanol–water partition coefficient (Wildman–Crippen LogP) is 2.06. The molecule has 1 fully saturated rings. The number of nitrogens with one attached hydrogen (secondary N) is 1. The molecule has 5 nitrogen and oxygen atoms in total. The second-order valence-electron chi connectivity index (χ2n) is 5.21. The lowest BCUT2D eigenvalue weighted by Gasteiger charge is -2.26. The molecule has 0 radical (unpaired) electrons. The van der Waals surface area contributed by atoms with Crippen molar-refractivity contribution >= 4 is 21.8 Å². The van der Waals surface area contributed by atoms with Gasteiger partial charge in [-0.2, -0.15) is 0 Å². The average molecular weight is 371 g/mol. The van der Waals surface area contributed by atoms with Gasteiger partial charge in [0.2, 0.25) is 5.91 Å². The van der Waals surface area contributed by atoms with Gasteiger partial charge in [-0.15, -0.1) is 0 Å². The van der Waals surface area contributed by atoms with Crippen LogP contribution in [0.2, 0.25) is 0 Å². The van der Waals surface area contributed by atoms with Crippen molar-refractivity contribution in [3.05, 3.63) is 28.7 Å². The molecule has 6 heteroatoms. The normalized spacial score (nSPS) is 15.5. The van der Waals surface area contributed by atoms with E-state index in [2.05, 4.69) is 26.1 Å². The van der Waals surface area contributed by atoms with Gasteiger partial charge < -0.3 is 14.8 Å². The van der Waals surface area contributed by atoms with E-state index in [1.807, 2.05) is 24.3 Å². The fourth-order valence-corrected chi connectivity index (χ4v) is 2.62. The largest absolute Gasteiger partial charge is 0.494 e. The first-order valence-electron chi connectivity index (χ1n) is 7.69. The number of rotatable bonds is 8. The van der Waals surface area contributed by atoms with Gasteiger partial charge in [-0.1, -0.05) is 22.0 Å². The summed E-state index contributed by atoms with van der Waals surface area (Å²) in [6, 6.07) is 7.71. The van der Waals surface area contributed by atoms with E-state index in [0.29, 0.717) is 19.6 Å². The van der Waals surface area contributed by atoms with E-state index in [4.69, 9.17) is 9.47 Å². The summed E-state index contributed by atoms with van der Waals surface area (Å²) in [6.07, 6.45) is 1.22. The lowest BCUT2D eigenvalue weighted by atomic mass is 10.3. The zero-order valence-electron chi connectivity index (χ0n) is 12.7. The van der Waals surface area contributed by atoms with Crippen molar-refractivity contribution in [1.82, 2.24) is 10.2 Å². The zero-order valence-corrected chi connectivity index (χ0v) is 14.3. The van der Waals surface area contributed by atoms with Gasteiger partial charge in [-0.25, -0.2) is 0 Å². The highest BCUT2D eigenvalue weighted by molar-refractivity contribution is 9.10. The van der Waals surface area contributed by atoms with Gasteiger partial charge in [-0.05, 0) is 24.6 Å². The topological polar surface area (TPSA) is 50.8 Å². The molecule has 1 aromatic carbocycles. The second kappa shape index (κ2) is 9.82. The van der Waals surface area contributed by atoms with Crippen molar-refractivity contribution in [2.24, 2.45) is 0 Å². The number of nitrogens with zero attached hydrogens (tertiary/aromatic N) is 1. The number of hydrogen-bond acceptors (Lipinski definition) is 4. The maximum Gasteiger partial charge on any atom is 0.220 e. The molecule has 0 aliphatic carbocycles. The molecule has 1 N–H and O–H groups in total. The Bertz CT molecular complexity index is 464. The van der Waals surface area contributed by atoms with Crippen LogP contribution in [0.3, 0.4) is 0 Å². The molecule has 0 aromatic heterocycles. The number of carbonyl (C=O) groups excluding carboxylic acids is 1. The standard InChI is InChI=1S/C16H23BrN2O3/c17-14-3-1-4-15(13-14)22-10-2-5-16(20)18-6-7-19-8-11-21-12-9-19/h1,3-4,13H,2,5-12H2,(H,18,20). The smallest absolute Gasteiger partial charge is 0.220 e. The van der Waals surface area contributed by atoms with Crippen molar-refractivity contribution in [1.29, 1.82) is 0 Å². The van der Waals surface area contributed by atoms with E-state index in [1.165, 1.54) is 0 Å². The fraction of sp³-hybridized carbons (Fsp3) is 0.562. The molecule has 0 unspecified atom stereocenters. The average Bonchev–Trinajstić information content (AvgIpc) is 2.53. The Morgan fingerprint density at radius 3 is 2.95 bits per heavy atom. The van der Waals surface area contributed by atoms with E-state index in [0.717, 1.165) is 49.5 Å². The molecule has 1 aromatic rings. The highest BCUT2D eigenvalue weighted by Gasteiger charge is 2.10. The van der Waals surface area contributed by atoms with Crippen molar-refractivity contribution in [3.63, 3.8) is 0 Å². The lowest BCUT2D eigenvalue weighted by Crippen LogP contribution is -2.41. The Labute approximate surface area is 140 Å². The van der Waals surface area contributed by atoms with Gasteiger partial charge in [-0.3, -0.25) is 9.69 Å². The number of hydrogen-bond donors (Lipinski definition) is 1. The SMILES string of the molecule is O=C(CCCOc1cccc(Br)c1)NCCN1CCOCC1. The molecule has 1 amide bonds. The van der Waals surface area contributed by atoms with Gasteiger partial charge in [0.05, 0.1) is 19.8 Å². The van der Waals surface area contributed by atoms with Gasteiger partial charge in [0.1, 0.15) is 5.75 Å². The summed E-state index contributed by atoms with van der Waals surface area (Å²) in [5.74, 6) is 0.910. The minimum Gasteiger partial charge on any atom is -0.494 e. The fourth-order valence-electron chi connectivity index (χ4n) is 2.25. The third kappa shape index (κ3) is 6.77. The molecule has 1 heterocycles. The van der Waals surface area contributed by atoms with E-state index < -0.39 is 0 Å². The monoisotopic (exact) mass is 370 g/mol. The summed E-state index contributed by atoms with van der Waals surface area (Å²) in [6.45, 7) is 5.64. The van der Waals surface area contributed by atoms with E-state index >= 15 is 0 Å². The maximum absolute atomic E-state index is 11.7. The Hall–Kier alpha value is -1.11. The predicted molar refractivity (Wildman–Crippen MR) is 89.1 cm³/mol. The van der Waals surface area contributed by atoms with Crippen LogP contribution in [0.4, 0.5) is 0 Å². The van der Waals surface area contributed by atoms with Crippen LogP contribution in [-0.4, -0.2) is 56.8 Å². The van der Waals surface area contributed by atoms with E-state index in [-0.39, 0.29) is 5.91 Å². The van der Waals surface area contributed by atoms with Crippen LogP contribution in [0.25, 0.3) is 0 Å². The summed E-state index contributed by atoms with van der Waals surface area (Å²) < 4.78 is 11.9. The van der Waals surface area contributed by atoms with E-state index in [1.54, 1.807) is 0 Å². The first kappa shape index (κ1) is 17.2. The molecular formula is C16H23BrN2O3. The third-order valence-corrected chi connectivity index (χ3v) is 3.96. The molecule has 1 aliphatic rings. The van der Waals surface area contributed by atoms with Crippen molar-refractivity contribution in [2.75, 3.05) is 46.0 Å². The molecule has 2 rings (SSSR count). The van der Waals surface area contributed by atoms with Crippen LogP contribution >= 0.6 is 15.9 Å².